The van der Waals surface area contributed by atoms with Crippen LogP contribution >= 0.6 is 11.3 Å². The normalized spacial score (nSPS) is 19.0. The third-order valence-electron chi connectivity index (χ3n) is 3.31. The second-order valence-corrected chi connectivity index (χ2v) is 6.62. The number of amides is 1. The van der Waals surface area contributed by atoms with Crippen molar-refractivity contribution in [3.8, 4) is 0 Å². The zero-order valence-electron chi connectivity index (χ0n) is 11.8. The van der Waals surface area contributed by atoms with Gasteiger partial charge in [0.05, 0.1) is 12.6 Å². The lowest BCUT2D eigenvalue weighted by Gasteiger charge is -2.25. The van der Waals surface area contributed by atoms with E-state index >= 15 is 0 Å². The molecule has 1 saturated heterocycles. The molecule has 0 N–H and O–H groups in total. The molecule has 1 amide bonds. The van der Waals surface area contributed by atoms with E-state index in [1.54, 1.807) is 11.3 Å². The molecule has 106 valence electrons. The predicted octanol–water partition coefficient (Wildman–Crippen LogP) is 3.30. The third kappa shape index (κ3) is 4.62. The van der Waals surface area contributed by atoms with Gasteiger partial charge < -0.3 is 9.64 Å². The van der Waals surface area contributed by atoms with Gasteiger partial charge in [-0.3, -0.25) is 4.79 Å². The second kappa shape index (κ2) is 7.06. The Bertz CT molecular complexity index is 383. The van der Waals surface area contributed by atoms with Gasteiger partial charge in [0.15, 0.2) is 0 Å². The first-order valence-electron chi connectivity index (χ1n) is 7.07. The van der Waals surface area contributed by atoms with Crippen LogP contribution in [0, 0.1) is 5.92 Å². The van der Waals surface area contributed by atoms with Crippen molar-refractivity contribution in [2.24, 2.45) is 5.92 Å². The molecule has 2 heterocycles. The van der Waals surface area contributed by atoms with Crippen molar-refractivity contribution in [1.82, 2.24) is 4.90 Å². The summed E-state index contributed by atoms with van der Waals surface area (Å²) in [7, 11) is 0. The molecular formula is C15H23NO2S. The van der Waals surface area contributed by atoms with Crippen LogP contribution in [0.25, 0.3) is 0 Å². The highest BCUT2D eigenvalue weighted by Crippen LogP contribution is 2.18. The van der Waals surface area contributed by atoms with Gasteiger partial charge in [0, 0.05) is 24.4 Å². The smallest absolute Gasteiger partial charge is 0.223 e. The predicted molar refractivity (Wildman–Crippen MR) is 78.2 cm³/mol. The largest absolute Gasteiger partial charge is 0.376 e. The van der Waals surface area contributed by atoms with Crippen molar-refractivity contribution in [3.63, 3.8) is 0 Å². The molecule has 0 radical (unpaired) electrons. The van der Waals surface area contributed by atoms with Crippen LogP contribution in [0.1, 0.15) is 38.0 Å². The van der Waals surface area contributed by atoms with Crippen molar-refractivity contribution in [2.45, 2.75) is 45.8 Å². The number of rotatable bonds is 6. The van der Waals surface area contributed by atoms with Crippen LogP contribution in [0.15, 0.2) is 17.5 Å². The minimum Gasteiger partial charge on any atom is -0.376 e. The Morgan fingerprint density at radius 3 is 3.00 bits per heavy atom. The van der Waals surface area contributed by atoms with Crippen LogP contribution in [0.4, 0.5) is 0 Å². The fourth-order valence-electron chi connectivity index (χ4n) is 2.36. The molecule has 1 unspecified atom stereocenters. The molecule has 1 atom stereocenters. The van der Waals surface area contributed by atoms with Crippen LogP contribution in [0.3, 0.4) is 0 Å². The van der Waals surface area contributed by atoms with Crippen LogP contribution in [-0.4, -0.2) is 30.1 Å². The van der Waals surface area contributed by atoms with Crippen LogP contribution < -0.4 is 0 Å². The van der Waals surface area contributed by atoms with Gasteiger partial charge in [0.25, 0.3) is 0 Å². The zero-order valence-corrected chi connectivity index (χ0v) is 12.6. The van der Waals surface area contributed by atoms with Crippen LogP contribution in [0.2, 0.25) is 0 Å². The molecule has 1 aliphatic rings. The molecule has 4 heteroatoms. The molecule has 0 bridgehead atoms. The molecule has 3 nitrogen and oxygen atoms in total. The fraction of sp³-hybridized carbons (Fsp3) is 0.667. The zero-order chi connectivity index (χ0) is 13.7. The Kier molecular flexibility index (Phi) is 5.40. The van der Waals surface area contributed by atoms with E-state index in [1.165, 1.54) is 4.88 Å². The lowest BCUT2D eigenvalue weighted by atomic mass is 10.1. The van der Waals surface area contributed by atoms with Crippen molar-refractivity contribution in [2.75, 3.05) is 13.2 Å². The maximum Gasteiger partial charge on any atom is 0.223 e. The monoisotopic (exact) mass is 281 g/mol. The maximum atomic E-state index is 12.3. The summed E-state index contributed by atoms with van der Waals surface area (Å²) < 4.78 is 5.67. The van der Waals surface area contributed by atoms with E-state index in [2.05, 4.69) is 25.3 Å². The molecule has 0 aromatic carbocycles. The number of hydrogen-bond acceptors (Lipinski definition) is 3. The Morgan fingerprint density at radius 2 is 2.42 bits per heavy atom. The van der Waals surface area contributed by atoms with Crippen molar-refractivity contribution < 1.29 is 9.53 Å². The average molecular weight is 281 g/mol. The van der Waals surface area contributed by atoms with E-state index in [-0.39, 0.29) is 12.0 Å². The summed E-state index contributed by atoms with van der Waals surface area (Å²) in [5.74, 6) is 0.654. The SMILES string of the molecule is CC(C)CC(=O)N(Cc1cccs1)CC1CCCO1. The summed E-state index contributed by atoms with van der Waals surface area (Å²) in [6, 6.07) is 4.13. The maximum absolute atomic E-state index is 12.3. The third-order valence-corrected chi connectivity index (χ3v) is 4.17. The van der Waals surface area contributed by atoms with Gasteiger partial charge in [-0.1, -0.05) is 19.9 Å². The van der Waals surface area contributed by atoms with Gasteiger partial charge in [0.1, 0.15) is 0 Å². The van der Waals surface area contributed by atoms with E-state index in [1.807, 2.05) is 11.0 Å². The molecular weight excluding hydrogens is 258 g/mol. The Morgan fingerprint density at radius 1 is 1.58 bits per heavy atom. The topological polar surface area (TPSA) is 29.5 Å². The summed E-state index contributed by atoms with van der Waals surface area (Å²) in [5, 5.41) is 2.06. The van der Waals surface area contributed by atoms with Crippen molar-refractivity contribution in [3.05, 3.63) is 22.4 Å². The summed E-state index contributed by atoms with van der Waals surface area (Å²) in [6.07, 6.45) is 3.06. The van der Waals surface area contributed by atoms with E-state index in [0.717, 1.165) is 32.5 Å². The number of hydrogen-bond donors (Lipinski definition) is 0. The minimum atomic E-state index is 0.232. The van der Waals surface area contributed by atoms with Gasteiger partial charge in [0.2, 0.25) is 5.91 Å². The molecule has 1 aromatic heterocycles. The van der Waals surface area contributed by atoms with Gasteiger partial charge in [-0.15, -0.1) is 11.3 Å². The lowest BCUT2D eigenvalue weighted by molar-refractivity contribution is -0.134. The van der Waals surface area contributed by atoms with Crippen molar-refractivity contribution >= 4 is 17.2 Å². The number of nitrogens with zero attached hydrogens (tertiary/aromatic N) is 1. The summed E-state index contributed by atoms with van der Waals surface area (Å²) in [5.41, 5.74) is 0. The number of thiophene rings is 1. The fourth-order valence-corrected chi connectivity index (χ4v) is 3.08. The van der Waals surface area contributed by atoms with E-state index in [4.69, 9.17) is 4.74 Å². The summed E-state index contributed by atoms with van der Waals surface area (Å²) in [6.45, 7) is 6.49. The molecule has 1 aliphatic heterocycles. The highest BCUT2D eigenvalue weighted by atomic mass is 32.1. The number of carbonyl (C=O) groups excluding carboxylic acids is 1. The van der Waals surface area contributed by atoms with E-state index < -0.39 is 0 Å². The second-order valence-electron chi connectivity index (χ2n) is 5.59. The molecule has 1 fully saturated rings. The van der Waals surface area contributed by atoms with E-state index in [9.17, 15) is 4.79 Å². The quantitative estimate of drug-likeness (QED) is 0.800. The first-order chi connectivity index (χ1) is 9.15. The van der Waals surface area contributed by atoms with Crippen molar-refractivity contribution in [1.29, 1.82) is 0 Å². The molecule has 0 spiro atoms. The summed E-state index contributed by atoms with van der Waals surface area (Å²) >= 11 is 1.71. The lowest BCUT2D eigenvalue weighted by Crippen LogP contribution is -2.37. The van der Waals surface area contributed by atoms with Gasteiger partial charge in [-0.2, -0.15) is 0 Å². The molecule has 0 saturated carbocycles. The minimum absolute atomic E-state index is 0.232. The Hall–Kier alpha value is -0.870. The standard InChI is InChI=1S/C15H23NO2S/c1-12(2)9-15(17)16(10-13-5-3-7-18-13)11-14-6-4-8-19-14/h4,6,8,12-13H,3,5,7,9-11H2,1-2H3. The first kappa shape index (κ1) is 14.5. The average Bonchev–Trinajstić information content (AvgIpc) is 2.99. The summed E-state index contributed by atoms with van der Waals surface area (Å²) in [4.78, 5) is 15.6. The molecule has 19 heavy (non-hydrogen) atoms. The number of ether oxygens (including phenoxy) is 1. The Labute approximate surface area is 119 Å². The highest BCUT2D eigenvalue weighted by Gasteiger charge is 2.23. The molecule has 1 aromatic rings. The first-order valence-corrected chi connectivity index (χ1v) is 7.95. The van der Waals surface area contributed by atoms with Crippen LogP contribution in [0.5, 0.6) is 0 Å². The van der Waals surface area contributed by atoms with Gasteiger partial charge in [-0.25, -0.2) is 0 Å². The number of carbonyl (C=O) groups is 1. The van der Waals surface area contributed by atoms with E-state index in [0.29, 0.717) is 12.3 Å². The van der Waals surface area contributed by atoms with Crippen LogP contribution in [-0.2, 0) is 16.1 Å². The van der Waals surface area contributed by atoms with Gasteiger partial charge in [-0.05, 0) is 30.2 Å². The van der Waals surface area contributed by atoms with Gasteiger partial charge >= 0.3 is 0 Å². The highest BCUT2D eigenvalue weighted by molar-refractivity contribution is 7.09. The molecule has 0 aliphatic carbocycles. The molecule has 2 rings (SSSR count). The Balaban J connectivity index is 1.96.